The molecule has 126 valence electrons. The molecule has 1 rings (SSSR count). The first kappa shape index (κ1) is 19.2. The molecule has 0 radical (unpaired) electrons. The van der Waals surface area contributed by atoms with E-state index in [-0.39, 0.29) is 0 Å². The largest absolute Gasteiger partial charge is 0.327 e. The highest BCUT2D eigenvalue weighted by Gasteiger charge is 2.03. The summed E-state index contributed by atoms with van der Waals surface area (Å²) in [5, 5.41) is 0. The molecule has 1 heteroatoms. The standard InChI is InChI=1S/C21H37N/c1-2-3-4-5-6-7-8-9-10-11-15-18-21(22)19-20-16-13-12-14-17-20/h12-14,16-17,21H,2-11,15,18-19,22H2,1H3. The summed E-state index contributed by atoms with van der Waals surface area (Å²) in [6.45, 7) is 2.28. The fourth-order valence-electron chi connectivity index (χ4n) is 3.09. The number of benzene rings is 1. The average Bonchev–Trinajstić information content (AvgIpc) is 2.53. The lowest BCUT2D eigenvalue weighted by atomic mass is 10.00. The third-order valence-corrected chi connectivity index (χ3v) is 4.52. The first-order chi connectivity index (χ1) is 10.8. The lowest BCUT2D eigenvalue weighted by Crippen LogP contribution is -2.22. The van der Waals surface area contributed by atoms with Crippen LogP contribution in [0.4, 0.5) is 0 Å². The summed E-state index contributed by atoms with van der Waals surface area (Å²) in [4.78, 5) is 0. The van der Waals surface area contributed by atoms with Crippen molar-refractivity contribution in [3.63, 3.8) is 0 Å². The Kier molecular flexibility index (Phi) is 12.1. The fraction of sp³-hybridized carbons (Fsp3) is 0.714. The van der Waals surface area contributed by atoms with Crippen LogP contribution in [0.3, 0.4) is 0 Å². The second-order valence-electron chi connectivity index (χ2n) is 6.77. The molecule has 0 saturated heterocycles. The van der Waals surface area contributed by atoms with E-state index < -0.39 is 0 Å². The topological polar surface area (TPSA) is 26.0 Å². The molecule has 1 unspecified atom stereocenters. The molecule has 0 aliphatic rings. The molecule has 0 aliphatic carbocycles. The lowest BCUT2D eigenvalue weighted by molar-refractivity contribution is 0.518. The van der Waals surface area contributed by atoms with E-state index in [1.165, 1.54) is 82.6 Å². The average molecular weight is 304 g/mol. The van der Waals surface area contributed by atoms with E-state index in [1.54, 1.807) is 0 Å². The summed E-state index contributed by atoms with van der Waals surface area (Å²) < 4.78 is 0. The van der Waals surface area contributed by atoms with Crippen LogP contribution in [0.1, 0.15) is 89.5 Å². The molecular formula is C21H37N. The van der Waals surface area contributed by atoms with Crippen molar-refractivity contribution in [3.05, 3.63) is 35.9 Å². The number of unbranched alkanes of at least 4 members (excludes halogenated alkanes) is 10. The monoisotopic (exact) mass is 303 g/mol. The zero-order chi connectivity index (χ0) is 15.9. The summed E-state index contributed by atoms with van der Waals surface area (Å²) in [6.07, 6.45) is 17.6. The summed E-state index contributed by atoms with van der Waals surface area (Å²) in [5.41, 5.74) is 7.60. The van der Waals surface area contributed by atoms with Gasteiger partial charge in [-0.05, 0) is 18.4 Å². The van der Waals surface area contributed by atoms with Gasteiger partial charge in [0.15, 0.2) is 0 Å². The van der Waals surface area contributed by atoms with Gasteiger partial charge in [0.1, 0.15) is 0 Å². The van der Waals surface area contributed by atoms with Crippen molar-refractivity contribution in [3.8, 4) is 0 Å². The van der Waals surface area contributed by atoms with Crippen LogP contribution in [0.5, 0.6) is 0 Å². The molecule has 0 spiro atoms. The Morgan fingerprint density at radius 2 is 1.23 bits per heavy atom. The van der Waals surface area contributed by atoms with Crippen molar-refractivity contribution < 1.29 is 0 Å². The van der Waals surface area contributed by atoms with E-state index >= 15 is 0 Å². The highest BCUT2D eigenvalue weighted by molar-refractivity contribution is 5.15. The van der Waals surface area contributed by atoms with Crippen LogP contribution in [0.15, 0.2) is 30.3 Å². The van der Waals surface area contributed by atoms with Crippen LogP contribution in [0, 0.1) is 0 Å². The van der Waals surface area contributed by atoms with Gasteiger partial charge in [-0.1, -0.05) is 108 Å². The molecule has 0 aliphatic heterocycles. The molecule has 22 heavy (non-hydrogen) atoms. The van der Waals surface area contributed by atoms with Crippen molar-refractivity contribution in [1.82, 2.24) is 0 Å². The third-order valence-electron chi connectivity index (χ3n) is 4.52. The van der Waals surface area contributed by atoms with Crippen molar-refractivity contribution in [2.24, 2.45) is 5.73 Å². The summed E-state index contributed by atoms with van der Waals surface area (Å²) in [7, 11) is 0. The first-order valence-corrected chi connectivity index (χ1v) is 9.62. The zero-order valence-electron chi connectivity index (χ0n) is 14.7. The Morgan fingerprint density at radius 3 is 1.77 bits per heavy atom. The SMILES string of the molecule is CCCCCCCCCCCCCC(N)Cc1ccccc1. The molecule has 2 N–H and O–H groups in total. The number of rotatable bonds is 14. The molecule has 0 amide bonds. The van der Waals surface area contributed by atoms with Gasteiger partial charge in [0.2, 0.25) is 0 Å². The molecule has 0 heterocycles. The van der Waals surface area contributed by atoms with E-state index in [0.29, 0.717) is 6.04 Å². The maximum atomic E-state index is 6.23. The van der Waals surface area contributed by atoms with Crippen molar-refractivity contribution in [2.75, 3.05) is 0 Å². The molecule has 1 aromatic carbocycles. The summed E-state index contributed by atoms with van der Waals surface area (Å²) in [5.74, 6) is 0. The van der Waals surface area contributed by atoms with E-state index in [4.69, 9.17) is 5.73 Å². The second kappa shape index (κ2) is 13.8. The second-order valence-corrected chi connectivity index (χ2v) is 6.77. The number of hydrogen-bond donors (Lipinski definition) is 1. The van der Waals surface area contributed by atoms with Crippen molar-refractivity contribution >= 4 is 0 Å². The van der Waals surface area contributed by atoms with E-state index in [1.807, 2.05) is 0 Å². The van der Waals surface area contributed by atoms with Gasteiger partial charge >= 0.3 is 0 Å². The van der Waals surface area contributed by atoms with E-state index in [2.05, 4.69) is 37.3 Å². The van der Waals surface area contributed by atoms with Crippen LogP contribution in [-0.4, -0.2) is 6.04 Å². The Labute approximate surface area is 138 Å². The summed E-state index contributed by atoms with van der Waals surface area (Å²) >= 11 is 0. The predicted octanol–water partition coefficient (Wildman–Crippen LogP) is 6.26. The van der Waals surface area contributed by atoms with Gasteiger partial charge in [0, 0.05) is 6.04 Å². The normalized spacial score (nSPS) is 12.5. The quantitative estimate of drug-likeness (QED) is 0.403. The van der Waals surface area contributed by atoms with Crippen LogP contribution < -0.4 is 5.73 Å². The van der Waals surface area contributed by atoms with Crippen molar-refractivity contribution in [2.45, 2.75) is 96.4 Å². The molecule has 0 saturated carbocycles. The third kappa shape index (κ3) is 10.8. The molecular weight excluding hydrogens is 266 g/mol. The Hall–Kier alpha value is -0.820. The lowest BCUT2D eigenvalue weighted by Gasteiger charge is -2.11. The van der Waals surface area contributed by atoms with Gasteiger partial charge in [-0.15, -0.1) is 0 Å². The highest BCUT2D eigenvalue weighted by atomic mass is 14.6. The van der Waals surface area contributed by atoms with Crippen molar-refractivity contribution in [1.29, 1.82) is 0 Å². The van der Waals surface area contributed by atoms with E-state index in [0.717, 1.165) is 6.42 Å². The molecule has 1 aromatic rings. The van der Waals surface area contributed by atoms with Gasteiger partial charge in [-0.2, -0.15) is 0 Å². The zero-order valence-corrected chi connectivity index (χ0v) is 14.7. The molecule has 1 atom stereocenters. The molecule has 0 bridgehead atoms. The van der Waals surface area contributed by atoms with Gasteiger partial charge in [0.05, 0.1) is 0 Å². The fourth-order valence-corrected chi connectivity index (χ4v) is 3.09. The molecule has 0 fully saturated rings. The van der Waals surface area contributed by atoms with Gasteiger partial charge in [-0.3, -0.25) is 0 Å². The van der Waals surface area contributed by atoms with Gasteiger partial charge < -0.3 is 5.73 Å². The first-order valence-electron chi connectivity index (χ1n) is 9.62. The predicted molar refractivity (Wildman–Crippen MR) is 99.2 cm³/mol. The number of hydrogen-bond acceptors (Lipinski definition) is 1. The van der Waals surface area contributed by atoms with Crippen LogP contribution in [-0.2, 0) is 6.42 Å². The van der Waals surface area contributed by atoms with Crippen LogP contribution >= 0.6 is 0 Å². The van der Waals surface area contributed by atoms with Gasteiger partial charge in [0.25, 0.3) is 0 Å². The Morgan fingerprint density at radius 1 is 0.727 bits per heavy atom. The maximum absolute atomic E-state index is 6.23. The Balaban J connectivity index is 1.85. The minimum Gasteiger partial charge on any atom is -0.327 e. The highest BCUT2D eigenvalue weighted by Crippen LogP contribution is 2.13. The minimum absolute atomic E-state index is 0.334. The smallest absolute Gasteiger partial charge is 0.00793 e. The maximum Gasteiger partial charge on any atom is 0.00793 e. The van der Waals surface area contributed by atoms with Crippen LogP contribution in [0.2, 0.25) is 0 Å². The summed E-state index contributed by atoms with van der Waals surface area (Å²) in [6, 6.07) is 11.0. The van der Waals surface area contributed by atoms with Gasteiger partial charge in [-0.25, -0.2) is 0 Å². The van der Waals surface area contributed by atoms with E-state index in [9.17, 15) is 0 Å². The van der Waals surface area contributed by atoms with Crippen LogP contribution in [0.25, 0.3) is 0 Å². The Bertz CT molecular complexity index is 333. The minimum atomic E-state index is 0.334. The molecule has 0 aromatic heterocycles. The molecule has 1 nitrogen and oxygen atoms in total. The number of nitrogens with two attached hydrogens (primary N) is 1.